The van der Waals surface area contributed by atoms with Gasteiger partial charge >= 0.3 is 0 Å². The first kappa shape index (κ1) is 36.1. The van der Waals surface area contributed by atoms with Gasteiger partial charge in [-0.2, -0.15) is 0 Å². The Labute approximate surface area is 303 Å². The Hall–Kier alpha value is -5.75. The minimum atomic E-state index is -0.368. The number of carbonyl (C=O) groups excluding carboxylic acids is 3. The van der Waals surface area contributed by atoms with E-state index in [0.29, 0.717) is 58.4 Å². The van der Waals surface area contributed by atoms with Crippen LogP contribution in [0.25, 0.3) is 22.4 Å². The van der Waals surface area contributed by atoms with Gasteiger partial charge in [0, 0.05) is 63.2 Å². The van der Waals surface area contributed by atoms with Crippen LogP contribution in [0.1, 0.15) is 52.0 Å². The van der Waals surface area contributed by atoms with E-state index in [9.17, 15) is 14.4 Å². The van der Waals surface area contributed by atoms with Gasteiger partial charge in [-0.05, 0) is 93.4 Å². The number of aromatic amines is 1. The standard InChI is InChI=1S/C40H45N7O5/c1-27-14-17-33(35(24-27)52-23-7-5-6-13-36(48)47-21-19-45(2)20-22-47)46(3)40(50)28-15-16-31(34(25-28)51-4)43-39(49)30-11-8-12-32-37(30)44-38(42-32)29-10-9-18-41-26-29/h8-12,14-18,24-26H,5-7,13,19-23H2,1-4H3,(H,42,44)(H,43,49). The van der Waals surface area contributed by atoms with Crippen molar-refractivity contribution in [3.8, 4) is 22.9 Å². The number of likely N-dealkylation sites (N-methyl/N-ethyl adjacent to an activating group) is 1. The second-order valence-electron chi connectivity index (χ2n) is 13.1. The van der Waals surface area contributed by atoms with Gasteiger partial charge in [0.2, 0.25) is 5.91 Å². The minimum Gasteiger partial charge on any atom is -0.495 e. The maximum atomic E-state index is 13.8. The van der Waals surface area contributed by atoms with E-state index in [1.54, 1.807) is 54.7 Å². The molecule has 2 N–H and O–H groups in total. The molecule has 0 aliphatic carbocycles. The quantitative estimate of drug-likeness (QED) is 0.139. The van der Waals surface area contributed by atoms with Gasteiger partial charge in [-0.15, -0.1) is 0 Å². The average molecular weight is 704 g/mol. The summed E-state index contributed by atoms with van der Waals surface area (Å²) < 4.78 is 11.8. The number of rotatable bonds is 13. The maximum Gasteiger partial charge on any atom is 0.258 e. The fourth-order valence-electron chi connectivity index (χ4n) is 6.24. The molecule has 3 heterocycles. The van der Waals surface area contributed by atoms with Crippen molar-refractivity contribution in [2.45, 2.75) is 32.6 Å². The number of aromatic nitrogens is 3. The number of piperazine rings is 1. The van der Waals surface area contributed by atoms with E-state index < -0.39 is 0 Å². The highest BCUT2D eigenvalue weighted by molar-refractivity contribution is 6.13. The number of anilines is 2. The summed E-state index contributed by atoms with van der Waals surface area (Å²) in [6, 6.07) is 19.8. The largest absolute Gasteiger partial charge is 0.495 e. The molecule has 0 bridgehead atoms. The Morgan fingerprint density at radius 2 is 1.77 bits per heavy atom. The Bertz CT molecular complexity index is 2040. The van der Waals surface area contributed by atoms with Gasteiger partial charge < -0.3 is 34.5 Å². The lowest BCUT2D eigenvalue weighted by atomic mass is 10.1. The number of methoxy groups -OCH3 is 1. The van der Waals surface area contributed by atoms with Crippen LogP contribution in [-0.2, 0) is 4.79 Å². The molecule has 12 heteroatoms. The van der Waals surface area contributed by atoms with Gasteiger partial charge in [0.05, 0.1) is 36.2 Å². The summed E-state index contributed by atoms with van der Waals surface area (Å²) >= 11 is 0. The number of carbonyl (C=O) groups is 3. The third-order valence-corrected chi connectivity index (χ3v) is 9.32. The Morgan fingerprint density at radius 1 is 0.942 bits per heavy atom. The van der Waals surface area contributed by atoms with Crippen molar-refractivity contribution in [2.24, 2.45) is 0 Å². The second-order valence-corrected chi connectivity index (χ2v) is 13.1. The molecule has 12 nitrogen and oxygen atoms in total. The van der Waals surface area contributed by atoms with E-state index in [1.807, 2.05) is 48.2 Å². The lowest BCUT2D eigenvalue weighted by Crippen LogP contribution is -2.47. The van der Waals surface area contributed by atoms with Crippen molar-refractivity contribution in [2.75, 3.05) is 64.2 Å². The zero-order valence-corrected chi connectivity index (χ0v) is 30.1. The van der Waals surface area contributed by atoms with E-state index in [2.05, 4.69) is 32.2 Å². The molecule has 0 atom stereocenters. The van der Waals surface area contributed by atoms with Crippen molar-refractivity contribution in [3.05, 3.63) is 95.8 Å². The van der Waals surface area contributed by atoms with Crippen LogP contribution in [0.5, 0.6) is 11.5 Å². The second kappa shape index (κ2) is 16.5. The molecule has 1 aliphatic heterocycles. The third kappa shape index (κ3) is 8.40. The molecule has 2 aromatic heterocycles. The Morgan fingerprint density at radius 3 is 2.54 bits per heavy atom. The Kier molecular flexibility index (Phi) is 11.4. The van der Waals surface area contributed by atoms with Gasteiger partial charge in [0.15, 0.2) is 0 Å². The van der Waals surface area contributed by atoms with Crippen molar-refractivity contribution >= 4 is 40.1 Å². The number of ether oxygens (including phenoxy) is 2. The summed E-state index contributed by atoms with van der Waals surface area (Å²) in [5.74, 6) is 1.15. The van der Waals surface area contributed by atoms with Gasteiger partial charge in [-0.25, -0.2) is 4.98 Å². The van der Waals surface area contributed by atoms with Crippen LogP contribution in [0.2, 0.25) is 0 Å². The first-order chi connectivity index (χ1) is 25.2. The minimum absolute atomic E-state index is 0.226. The van der Waals surface area contributed by atoms with E-state index >= 15 is 0 Å². The predicted molar refractivity (Wildman–Crippen MR) is 202 cm³/mol. The molecule has 0 unspecified atom stereocenters. The zero-order valence-electron chi connectivity index (χ0n) is 30.1. The number of H-pyrrole nitrogens is 1. The first-order valence-electron chi connectivity index (χ1n) is 17.6. The molecule has 0 spiro atoms. The number of aryl methyl sites for hydroxylation is 1. The SMILES string of the molecule is COc1cc(C(=O)N(C)c2ccc(C)cc2OCCCCCC(=O)N2CCN(C)CC2)ccc1NC(=O)c1cccc2[nH]c(-c3cccnc3)nc12. The summed E-state index contributed by atoms with van der Waals surface area (Å²) in [5.41, 5.74) is 4.88. The normalized spacial score (nSPS) is 13.2. The smallest absolute Gasteiger partial charge is 0.258 e. The van der Waals surface area contributed by atoms with Crippen LogP contribution in [0.4, 0.5) is 11.4 Å². The highest BCUT2D eigenvalue weighted by atomic mass is 16.5. The number of nitrogens with zero attached hydrogens (tertiary/aromatic N) is 5. The summed E-state index contributed by atoms with van der Waals surface area (Å²) in [6.07, 6.45) is 6.44. The summed E-state index contributed by atoms with van der Waals surface area (Å²) in [7, 11) is 5.28. The number of hydrogen-bond acceptors (Lipinski definition) is 8. The van der Waals surface area contributed by atoms with Gasteiger partial charge in [0.25, 0.3) is 11.8 Å². The lowest BCUT2D eigenvalue weighted by Gasteiger charge is -2.32. The summed E-state index contributed by atoms with van der Waals surface area (Å²) in [4.78, 5) is 57.7. The molecule has 6 rings (SSSR count). The molecule has 270 valence electrons. The predicted octanol–water partition coefficient (Wildman–Crippen LogP) is 6.18. The van der Waals surface area contributed by atoms with E-state index in [1.165, 1.54) is 7.11 Å². The molecular formula is C40H45N7O5. The molecule has 0 radical (unpaired) electrons. The monoisotopic (exact) mass is 703 g/mol. The molecule has 5 aromatic rings. The zero-order chi connectivity index (χ0) is 36.6. The van der Waals surface area contributed by atoms with E-state index in [0.717, 1.165) is 62.1 Å². The van der Waals surface area contributed by atoms with E-state index in [-0.39, 0.29) is 17.7 Å². The summed E-state index contributed by atoms with van der Waals surface area (Å²) in [6.45, 7) is 5.89. The van der Waals surface area contributed by atoms with Crippen molar-refractivity contribution in [1.29, 1.82) is 0 Å². The lowest BCUT2D eigenvalue weighted by molar-refractivity contribution is -0.132. The third-order valence-electron chi connectivity index (χ3n) is 9.32. The molecule has 52 heavy (non-hydrogen) atoms. The maximum absolute atomic E-state index is 13.8. The van der Waals surface area contributed by atoms with Crippen LogP contribution in [0.15, 0.2) is 79.1 Å². The number of hydrogen-bond donors (Lipinski definition) is 2. The molecule has 1 aliphatic rings. The van der Waals surface area contributed by atoms with Crippen molar-refractivity contribution < 1.29 is 23.9 Å². The highest BCUT2D eigenvalue weighted by Crippen LogP contribution is 2.32. The van der Waals surface area contributed by atoms with Crippen molar-refractivity contribution in [3.63, 3.8) is 0 Å². The van der Waals surface area contributed by atoms with E-state index in [4.69, 9.17) is 9.47 Å². The number of unbranched alkanes of at least 4 members (excludes halogenated alkanes) is 2. The van der Waals surface area contributed by atoms with Gasteiger partial charge in [-0.3, -0.25) is 19.4 Å². The first-order valence-corrected chi connectivity index (χ1v) is 17.6. The summed E-state index contributed by atoms with van der Waals surface area (Å²) in [5, 5.41) is 2.93. The van der Waals surface area contributed by atoms with Crippen molar-refractivity contribution in [1.82, 2.24) is 24.8 Å². The van der Waals surface area contributed by atoms with Crippen LogP contribution in [-0.4, -0.2) is 96.5 Å². The number of amides is 3. The van der Waals surface area contributed by atoms with Crippen LogP contribution >= 0.6 is 0 Å². The molecule has 3 aromatic carbocycles. The fraction of sp³-hybridized carbons (Fsp3) is 0.325. The number of fused-ring (bicyclic) bond motifs is 1. The van der Waals surface area contributed by atoms with Gasteiger partial charge in [-0.1, -0.05) is 12.1 Å². The topological polar surface area (TPSA) is 133 Å². The fourth-order valence-corrected chi connectivity index (χ4v) is 6.24. The number of pyridine rings is 1. The van der Waals surface area contributed by atoms with Crippen LogP contribution < -0.4 is 19.7 Å². The number of benzene rings is 3. The molecular weight excluding hydrogens is 658 g/mol. The highest BCUT2D eigenvalue weighted by Gasteiger charge is 2.22. The van der Waals surface area contributed by atoms with Crippen LogP contribution in [0.3, 0.4) is 0 Å². The average Bonchev–Trinajstić information content (AvgIpc) is 3.61. The number of para-hydroxylation sites is 1. The molecule has 1 saturated heterocycles. The number of imidazole rings is 1. The molecule has 0 saturated carbocycles. The van der Waals surface area contributed by atoms with Crippen LogP contribution in [0, 0.1) is 6.92 Å². The Balaban J connectivity index is 1.08. The number of nitrogens with one attached hydrogen (secondary N) is 2. The van der Waals surface area contributed by atoms with Gasteiger partial charge in [0.1, 0.15) is 22.8 Å². The molecule has 1 fully saturated rings. The molecule has 3 amide bonds.